The summed E-state index contributed by atoms with van der Waals surface area (Å²) in [5.41, 5.74) is -1.13. The van der Waals surface area contributed by atoms with Gasteiger partial charge in [0.15, 0.2) is 15.1 Å². The lowest BCUT2D eigenvalue weighted by Gasteiger charge is -2.16. The molecule has 2 aromatic heterocycles. The fourth-order valence-electron chi connectivity index (χ4n) is 4.54. The van der Waals surface area contributed by atoms with Crippen LogP contribution in [0.1, 0.15) is 47.3 Å². The molecular weight excluding hydrogens is 612 g/mol. The fraction of sp³-hybridized carbons (Fsp3) is 0.259. The Morgan fingerprint density at radius 1 is 1.07 bits per heavy atom. The average Bonchev–Trinajstić information content (AvgIpc) is 3.74. The Bertz CT molecular complexity index is 1690. The lowest BCUT2D eigenvalue weighted by Crippen LogP contribution is -2.23. The SMILES string of the molecule is O=C(Nc1nc(CSc2ccccc2)c(S(=O)(=O)c2ncc[nH]2)s1)Nc1ccc(C(F)(F)F)cc1C(=O)C1CCCC1. The van der Waals surface area contributed by atoms with Gasteiger partial charge in [-0.15, -0.1) is 11.8 Å². The van der Waals surface area contributed by atoms with Gasteiger partial charge in [-0.05, 0) is 43.2 Å². The van der Waals surface area contributed by atoms with E-state index in [0.29, 0.717) is 24.2 Å². The molecule has 0 bridgehead atoms. The predicted octanol–water partition coefficient (Wildman–Crippen LogP) is 7.03. The first-order chi connectivity index (χ1) is 20.0. The largest absolute Gasteiger partial charge is 0.416 e. The Kier molecular flexibility index (Phi) is 8.70. The molecule has 0 radical (unpaired) electrons. The summed E-state index contributed by atoms with van der Waals surface area (Å²) in [5.74, 6) is -0.719. The van der Waals surface area contributed by atoms with Crippen LogP contribution in [0.3, 0.4) is 0 Å². The molecule has 0 aliphatic heterocycles. The fourth-order valence-corrected chi connectivity index (χ4v) is 8.23. The number of nitrogens with zero attached hydrogens (tertiary/aromatic N) is 2. The first-order valence-electron chi connectivity index (χ1n) is 12.8. The van der Waals surface area contributed by atoms with Crippen molar-refractivity contribution in [3.8, 4) is 0 Å². The molecule has 1 aliphatic rings. The van der Waals surface area contributed by atoms with Gasteiger partial charge in [0.05, 0.1) is 16.9 Å². The summed E-state index contributed by atoms with van der Waals surface area (Å²) in [6.45, 7) is 0. The van der Waals surface area contributed by atoms with Crippen LogP contribution in [0, 0.1) is 5.92 Å². The third-order valence-corrected chi connectivity index (χ3v) is 10.8. The molecule has 0 saturated heterocycles. The number of aromatic amines is 1. The third-order valence-electron chi connectivity index (χ3n) is 6.56. The molecule has 0 atom stereocenters. The minimum Gasteiger partial charge on any atom is -0.335 e. The Balaban J connectivity index is 1.41. The van der Waals surface area contributed by atoms with Gasteiger partial charge in [-0.2, -0.15) is 13.2 Å². The van der Waals surface area contributed by atoms with Gasteiger partial charge in [0, 0.05) is 34.5 Å². The number of thiazole rings is 1. The number of H-pyrrole nitrogens is 1. The number of carbonyl (C=O) groups excluding carboxylic acids is 2. The maximum absolute atomic E-state index is 13.4. The highest BCUT2D eigenvalue weighted by Crippen LogP contribution is 2.37. The van der Waals surface area contributed by atoms with Crippen LogP contribution in [-0.4, -0.2) is 35.2 Å². The molecule has 220 valence electrons. The maximum Gasteiger partial charge on any atom is 0.416 e. The van der Waals surface area contributed by atoms with Crippen LogP contribution >= 0.6 is 23.1 Å². The van der Waals surface area contributed by atoms with E-state index in [1.165, 1.54) is 24.2 Å². The molecule has 3 N–H and O–H groups in total. The van der Waals surface area contributed by atoms with E-state index < -0.39 is 39.3 Å². The molecule has 5 rings (SSSR count). The van der Waals surface area contributed by atoms with Crippen molar-refractivity contribution in [2.45, 2.75) is 51.9 Å². The summed E-state index contributed by atoms with van der Waals surface area (Å²) < 4.78 is 66.7. The number of alkyl halides is 3. The lowest BCUT2D eigenvalue weighted by molar-refractivity contribution is -0.137. The molecule has 0 unspecified atom stereocenters. The topological polar surface area (TPSA) is 134 Å². The van der Waals surface area contributed by atoms with Crippen molar-refractivity contribution in [3.63, 3.8) is 0 Å². The summed E-state index contributed by atoms with van der Waals surface area (Å²) in [7, 11) is -4.10. The number of anilines is 2. The number of amides is 2. The van der Waals surface area contributed by atoms with E-state index in [9.17, 15) is 31.2 Å². The van der Waals surface area contributed by atoms with Gasteiger partial charge in [-0.3, -0.25) is 10.1 Å². The second-order valence-corrected chi connectivity index (χ2v) is 13.5. The lowest BCUT2D eigenvalue weighted by atomic mass is 9.93. The van der Waals surface area contributed by atoms with Gasteiger partial charge in [-0.25, -0.2) is 23.2 Å². The van der Waals surface area contributed by atoms with Crippen molar-refractivity contribution < 1.29 is 31.2 Å². The third kappa shape index (κ3) is 6.68. The highest BCUT2D eigenvalue weighted by molar-refractivity contribution is 7.98. The summed E-state index contributed by atoms with van der Waals surface area (Å²) in [5, 5.41) is 4.57. The number of ketones is 1. The number of urea groups is 1. The molecule has 0 spiro atoms. The van der Waals surface area contributed by atoms with Crippen molar-refractivity contribution >= 4 is 55.6 Å². The van der Waals surface area contributed by atoms with Crippen LogP contribution in [-0.2, 0) is 21.8 Å². The molecule has 9 nitrogen and oxygen atoms in total. The zero-order valence-electron chi connectivity index (χ0n) is 21.8. The summed E-state index contributed by atoms with van der Waals surface area (Å²) >= 11 is 2.06. The van der Waals surface area contributed by atoms with Crippen molar-refractivity contribution in [2.24, 2.45) is 5.92 Å². The number of Topliss-reactive ketones (excluding diaryl/α,β-unsaturated/α-hetero) is 1. The first kappa shape index (κ1) is 29.8. The van der Waals surface area contributed by atoms with Gasteiger partial charge >= 0.3 is 12.2 Å². The predicted molar refractivity (Wildman–Crippen MR) is 153 cm³/mol. The number of imidazole rings is 1. The van der Waals surface area contributed by atoms with Crippen molar-refractivity contribution in [3.05, 3.63) is 77.7 Å². The minimum absolute atomic E-state index is 0.0585. The smallest absolute Gasteiger partial charge is 0.335 e. The number of benzene rings is 2. The molecule has 15 heteroatoms. The second kappa shape index (κ2) is 12.3. The van der Waals surface area contributed by atoms with E-state index >= 15 is 0 Å². The number of rotatable bonds is 9. The zero-order valence-corrected chi connectivity index (χ0v) is 24.2. The number of carbonyl (C=O) groups is 2. The highest BCUT2D eigenvalue weighted by Gasteiger charge is 2.34. The van der Waals surface area contributed by atoms with E-state index in [0.717, 1.165) is 35.9 Å². The van der Waals surface area contributed by atoms with Crippen molar-refractivity contribution in [1.82, 2.24) is 15.0 Å². The number of halogens is 3. The van der Waals surface area contributed by atoms with E-state index in [4.69, 9.17) is 0 Å². The van der Waals surface area contributed by atoms with Crippen molar-refractivity contribution in [1.29, 1.82) is 0 Å². The molecule has 42 heavy (non-hydrogen) atoms. The summed E-state index contributed by atoms with van der Waals surface area (Å²) in [6, 6.07) is 10.9. The molecule has 1 saturated carbocycles. The molecule has 2 aromatic carbocycles. The van der Waals surface area contributed by atoms with Gasteiger partial charge < -0.3 is 10.3 Å². The summed E-state index contributed by atoms with van der Waals surface area (Å²) in [4.78, 5) is 37.7. The maximum atomic E-state index is 13.4. The number of aromatic nitrogens is 3. The molecule has 2 amide bonds. The Morgan fingerprint density at radius 2 is 1.81 bits per heavy atom. The van der Waals surface area contributed by atoms with E-state index in [-0.39, 0.29) is 37.2 Å². The number of sulfone groups is 1. The van der Waals surface area contributed by atoms with E-state index in [1.807, 2.05) is 30.3 Å². The van der Waals surface area contributed by atoms with Gasteiger partial charge in [-0.1, -0.05) is 42.4 Å². The number of hydrogen-bond donors (Lipinski definition) is 3. The van der Waals surface area contributed by atoms with Crippen LogP contribution in [0.5, 0.6) is 0 Å². The van der Waals surface area contributed by atoms with Crippen LogP contribution in [0.2, 0.25) is 0 Å². The normalized spacial score (nSPS) is 14.2. The van der Waals surface area contributed by atoms with Gasteiger partial charge in [0.1, 0.15) is 0 Å². The molecular formula is C27H24F3N5O4S3. The van der Waals surface area contributed by atoms with Crippen LogP contribution < -0.4 is 10.6 Å². The highest BCUT2D eigenvalue weighted by atomic mass is 32.2. The number of hydrogen-bond acceptors (Lipinski definition) is 8. The average molecular weight is 636 g/mol. The molecule has 2 heterocycles. The van der Waals surface area contributed by atoms with Crippen LogP contribution in [0.15, 0.2) is 75.2 Å². The molecule has 1 fully saturated rings. The summed E-state index contributed by atoms with van der Waals surface area (Å²) in [6.07, 6.45) is 0.734. The Labute approximate surface area is 247 Å². The van der Waals surface area contributed by atoms with Crippen molar-refractivity contribution in [2.75, 3.05) is 10.6 Å². The molecule has 4 aromatic rings. The quantitative estimate of drug-likeness (QED) is 0.133. The van der Waals surface area contributed by atoms with Crippen LogP contribution in [0.25, 0.3) is 0 Å². The van der Waals surface area contributed by atoms with Gasteiger partial charge in [0.2, 0.25) is 5.16 Å². The van der Waals surface area contributed by atoms with Crippen LogP contribution in [0.4, 0.5) is 28.8 Å². The monoisotopic (exact) mass is 635 g/mol. The number of nitrogens with one attached hydrogen (secondary N) is 3. The number of thioether (sulfide) groups is 1. The Morgan fingerprint density at radius 3 is 2.48 bits per heavy atom. The second-order valence-electron chi connectivity index (χ2n) is 9.44. The first-order valence-corrected chi connectivity index (χ1v) is 16.1. The minimum atomic E-state index is -4.67. The standard InChI is InChI=1S/C27H24F3N5O4S3/c28-27(29,30)17-10-11-20(19(14-17)22(36)16-6-4-5-7-16)33-24(37)35-25-34-21(15-40-18-8-2-1-3-9-18)23(41-25)42(38,39)26-31-12-13-32-26/h1-3,8-14,16H,4-7,15H2,(H,31,32)(H2,33,34,35,37). The Hall–Kier alpha value is -3.69. The molecule has 1 aliphatic carbocycles. The van der Waals surface area contributed by atoms with E-state index in [1.54, 1.807) is 0 Å². The van der Waals surface area contributed by atoms with E-state index in [2.05, 4.69) is 25.6 Å². The zero-order chi connectivity index (χ0) is 29.9. The van der Waals surface area contributed by atoms with Gasteiger partial charge in [0.25, 0.3) is 9.84 Å².